The van der Waals surface area contributed by atoms with Gasteiger partial charge in [0.2, 0.25) is 0 Å². The fourth-order valence-corrected chi connectivity index (χ4v) is 7.63. The quantitative estimate of drug-likeness (QED) is 0.233. The van der Waals surface area contributed by atoms with Gasteiger partial charge in [0.05, 0.1) is 13.2 Å². The number of aromatic nitrogens is 2. The third-order valence-corrected chi connectivity index (χ3v) is 9.90. The maximum absolute atomic E-state index is 12.4. The Morgan fingerprint density at radius 3 is 2.33 bits per heavy atom. The number of aromatic amines is 1. The van der Waals surface area contributed by atoms with Crippen molar-refractivity contribution in [2.45, 2.75) is 50.2 Å². The van der Waals surface area contributed by atoms with Gasteiger partial charge in [-0.25, -0.2) is 4.98 Å². The number of hydrogen-bond donors (Lipinski definition) is 2. The van der Waals surface area contributed by atoms with Gasteiger partial charge in [-0.05, 0) is 77.6 Å². The van der Waals surface area contributed by atoms with Crippen LogP contribution in [0.15, 0.2) is 85.2 Å². The Labute approximate surface area is 252 Å². The molecule has 4 heterocycles. The molecule has 2 aliphatic heterocycles. The number of fused-ring (bicyclic) bond motifs is 4. The van der Waals surface area contributed by atoms with Crippen LogP contribution in [0.5, 0.6) is 0 Å². The highest BCUT2D eigenvalue weighted by molar-refractivity contribution is 6.01. The van der Waals surface area contributed by atoms with E-state index in [0.717, 1.165) is 64.9 Å². The lowest BCUT2D eigenvalue weighted by atomic mass is 9.87. The fourth-order valence-electron chi connectivity index (χ4n) is 7.63. The maximum atomic E-state index is 12.4. The minimum absolute atomic E-state index is 0.0823. The Morgan fingerprint density at radius 2 is 1.56 bits per heavy atom. The third-order valence-electron chi connectivity index (χ3n) is 9.90. The van der Waals surface area contributed by atoms with Crippen LogP contribution < -0.4 is 5.32 Å². The van der Waals surface area contributed by atoms with Gasteiger partial charge in [-0.15, -0.1) is 0 Å². The summed E-state index contributed by atoms with van der Waals surface area (Å²) in [6.45, 7) is 1.83. The molecule has 2 saturated heterocycles. The lowest BCUT2D eigenvalue weighted by molar-refractivity contribution is -0.148. The van der Waals surface area contributed by atoms with Gasteiger partial charge in [-0.2, -0.15) is 0 Å². The zero-order chi connectivity index (χ0) is 28.9. The van der Waals surface area contributed by atoms with Crippen LogP contribution in [-0.2, 0) is 17.6 Å². The molecule has 3 aromatic carbocycles. The molecule has 3 aliphatic rings. The molecule has 0 saturated carbocycles. The van der Waals surface area contributed by atoms with E-state index < -0.39 is 0 Å². The molecule has 3 unspecified atom stereocenters. The topological polar surface area (TPSA) is 70.2 Å². The van der Waals surface area contributed by atoms with E-state index in [9.17, 15) is 4.79 Å². The molecule has 2 aromatic heterocycles. The second-order valence-corrected chi connectivity index (χ2v) is 12.3. The number of nitrogens with zero attached hydrogens (tertiary/aromatic N) is 2. The molecule has 2 N–H and O–H groups in total. The van der Waals surface area contributed by atoms with Gasteiger partial charge >= 0.3 is 0 Å². The molecule has 216 valence electrons. The molecule has 0 radical (unpaired) electrons. The van der Waals surface area contributed by atoms with Crippen molar-refractivity contribution in [2.24, 2.45) is 0 Å². The summed E-state index contributed by atoms with van der Waals surface area (Å²) in [5.41, 5.74) is 11.1. The monoisotopic (exact) mass is 568 g/mol. The number of benzene rings is 3. The minimum atomic E-state index is -0.0823. The number of hydrogen-bond acceptors (Lipinski definition) is 4. The zero-order valence-electron chi connectivity index (χ0n) is 24.5. The van der Waals surface area contributed by atoms with Crippen molar-refractivity contribution in [1.82, 2.24) is 20.2 Å². The highest BCUT2D eigenvalue weighted by Crippen LogP contribution is 2.38. The van der Waals surface area contributed by atoms with Crippen molar-refractivity contribution in [3.8, 4) is 33.4 Å². The summed E-state index contributed by atoms with van der Waals surface area (Å²) >= 11 is 0. The second-order valence-electron chi connectivity index (χ2n) is 12.3. The number of rotatable bonds is 5. The van der Waals surface area contributed by atoms with Gasteiger partial charge in [0.15, 0.2) is 0 Å². The smallest absolute Gasteiger partial charge is 0.251 e. The highest BCUT2D eigenvalue weighted by Gasteiger charge is 2.45. The van der Waals surface area contributed by atoms with Gasteiger partial charge in [0.1, 0.15) is 5.65 Å². The number of ether oxygens (including phenoxy) is 1. The number of H-pyrrole nitrogens is 1. The number of aryl methyl sites for hydroxylation is 2. The van der Waals surface area contributed by atoms with E-state index in [2.05, 4.69) is 63.7 Å². The molecule has 0 spiro atoms. The number of carbonyl (C=O) groups excluding carboxylic acids is 1. The summed E-state index contributed by atoms with van der Waals surface area (Å²) in [5, 5.41) is 3.86. The summed E-state index contributed by atoms with van der Waals surface area (Å²) in [6.07, 6.45) is 10.1. The number of carbonyl (C=O) groups is 1. The summed E-state index contributed by atoms with van der Waals surface area (Å²) < 4.78 is 5.75. The zero-order valence-corrected chi connectivity index (χ0v) is 24.5. The van der Waals surface area contributed by atoms with Crippen LogP contribution in [0.2, 0.25) is 0 Å². The Bertz CT molecular complexity index is 1810. The SMILES string of the molecule is CNC(=O)c1ccccc1-c1ccc(-c2c[nH]c3ncc(-c4ccc5c(c4)CCC(N4C6COCC4C6)CC5)cc23)cc1. The van der Waals surface area contributed by atoms with Crippen LogP contribution in [0.25, 0.3) is 44.4 Å². The van der Waals surface area contributed by atoms with Crippen molar-refractivity contribution < 1.29 is 9.53 Å². The largest absolute Gasteiger partial charge is 0.378 e. The van der Waals surface area contributed by atoms with Crippen molar-refractivity contribution in [1.29, 1.82) is 0 Å². The second kappa shape index (κ2) is 10.8. The molecule has 2 fully saturated rings. The minimum Gasteiger partial charge on any atom is -0.378 e. The Balaban J connectivity index is 1.06. The normalized spacial score (nSPS) is 21.6. The van der Waals surface area contributed by atoms with Gasteiger partial charge in [-0.1, -0.05) is 60.7 Å². The van der Waals surface area contributed by atoms with Gasteiger partial charge in [0, 0.05) is 59.6 Å². The Morgan fingerprint density at radius 1 is 0.837 bits per heavy atom. The predicted octanol–water partition coefficient (Wildman–Crippen LogP) is 6.64. The molecular weight excluding hydrogens is 532 g/mol. The van der Waals surface area contributed by atoms with Gasteiger partial charge in [0.25, 0.3) is 5.91 Å². The molecule has 6 nitrogen and oxygen atoms in total. The van der Waals surface area contributed by atoms with Gasteiger partial charge in [-0.3, -0.25) is 9.69 Å². The lowest BCUT2D eigenvalue weighted by Gasteiger charge is -2.56. The molecule has 1 amide bonds. The summed E-state index contributed by atoms with van der Waals surface area (Å²) in [6, 6.07) is 27.4. The molecule has 1 aliphatic carbocycles. The van der Waals surface area contributed by atoms with E-state index in [0.29, 0.717) is 23.7 Å². The number of pyridine rings is 1. The molecule has 8 rings (SSSR count). The Hall–Kier alpha value is -4.26. The van der Waals surface area contributed by atoms with Crippen LogP contribution in [0.3, 0.4) is 0 Å². The molecule has 2 bridgehead atoms. The van der Waals surface area contributed by atoms with Crippen molar-refractivity contribution in [3.63, 3.8) is 0 Å². The van der Waals surface area contributed by atoms with Crippen molar-refractivity contribution in [2.75, 3.05) is 20.3 Å². The van der Waals surface area contributed by atoms with E-state index in [1.54, 1.807) is 7.05 Å². The highest BCUT2D eigenvalue weighted by atomic mass is 16.5. The predicted molar refractivity (Wildman–Crippen MR) is 171 cm³/mol. The molecule has 43 heavy (non-hydrogen) atoms. The van der Waals surface area contributed by atoms with E-state index in [1.807, 2.05) is 36.7 Å². The third kappa shape index (κ3) is 4.66. The molecule has 6 heteroatoms. The maximum Gasteiger partial charge on any atom is 0.251 e. The molecular formula is C37H36N4O2. The van der Waals surface area contributed by atoms with E-state index >= 15 is 0 Å². The van der Waals surface area contributed by atoms with Crippen LogP contribution in [0, 0.1) is 0 Å². The first-order chi connectivity index (χ1) is 21.2. The van der Waals surface area contributed by atoms with E-state index in [4.69, 9.17) is 9.72 Å². The number of nitrogens with one attached hydrogen (secondary N) is 2. The lowest BCUT2D eigenvalue weighted by Crippen LogP contribution is -2.66. The standard InChI is InChI=1S/C37H36N4O2/c1-38-37(42)33-5-3-2-4-32(33)24-7-9-25(10-8-24)35-20-40-36-34(35)17-28(19-39-36)27-11-6-23-12-14-29(15-13-26(23)16-27)41-30-18-31(41)22-43-21-30/h2-11,16-17,19-20,29-31H,12-15,18,21-22H2,1H3,(H,38,42)(H,39,40). The molecule has 5 aromatic rings. The summed E-state index contributed by atoms with van der Waals surface area (Å²) in [7, 11) is 1.66. The van der Waals surface area contributed by atoms with Crippen LogP contribution in [-0.4, -0.2) is 59.2 Å². The first-order valence-corrected chi connectivity index (χ1v) is 15.5. The summed E-state index contributed by atoms with van der Waals surface area (Å²) in [5.74, 6) is -0.0823. The molecule has 3 atom stereocenters. The van der Waals surface area contributed by atoms with E-state index in [1.165, 1.54) is 36.0 Å². The fraction of sp³-hybridized carbons (Fsp3) is 0.297. The van der Waals surface area contributed by atoms with E-state index in [-0.39, 0.29) is 5.91 Å². The van der Waals surface area contributed by atoms with Gasteiger partial charge < -0.3 is 15.0 Å². The number of morpholine rings is 1. The summed E-state index contributed by atoms with van der Waals surface area (Å²) in [4.78, 5) is 23.4. The van der Waals surface area contributed by atoms with Crippen molar-refractivity contribution in [3.05, 3.63) is 102 Å². The number of amides is 1. The Kier molecular flexibility index (Phi) is 6.61. The van der Waals surface area contributed by atoms with Crippen molar-refractivity contribution >= 4 is 16.9 Å². The van der Waals surface area contributed by atoms with Crippen LogP contribution >= 0.6 is 0 Å². The average Bonchev–Trinajstić information content (AvgIpc) is 3.38. The first-order valence-electron chi connectivity index (χ1n) is 15.5. The van der Waals surface area contributed by atoms with Crippen LogP contribution in [0.1, 0.15) is 40.7 Å². The average molecular weight is 569 g/mol. The first kappa shape index (κ1) is 26.4. The van der Waals surface area contributed by atoms with Crippen LogP contribution in [0.4, 0.5) is 0 Å².